The number of fused-ring (bicyclic) bond motifs is 1. The Labute approximate surface area is 263 Å². The van der Waals surface area contributed by atoms with Gasteiger partial charge in [0, 0.05) is 36.1 Å². The topological polar surface area (TPSA) is 130 Å². The summed E-state index contributed by atoms with van der Waals surface area (Å²) in [6.07, 6.45) is -1.55. The largest absolute Gasteiger partial charge is 0.456 e. The summed E-state index contributed by atoms with van der Waals surface area (Å²) in [7, 11) is 0. The van der Waals surface area contributed by atoms with Crippen molar-refractivity contribution in [3.63, 3.8) is 0 Å². The van der Waals surface area contributed by atoms with Crippen molar-refractivity contribution in [1.29, 1.82) is 0 Å². The third-order valence-electron chi connectivity index (χ3n) is 6.23. The fourth-order valence-electron chi connectivity index (χ4n) is 4.37. The number of hydrogen-bond acceptors (Lipinski definition) is 7. The van der Waals surface area contributed by atoms with E-state index in [1.807, 2.05) is 10.8 Å². The summed E-state index contributed by atoms with van der Waals surface area (Å²) in [5, 5.41) is 18.5. The van der Waals surface area contributed by atoms with Crippen molar-refractivity contribution < 1.29 is 32.6 Å². The van der Waals surface area contributed by atoms with E-state index in [1.54, 1.807) is 46.8 Å². The van der Waals surface area contributed by atoms with E-state index >= 15 is 0 Å². The smallest absolute Gasteiger partial charge is 0.416 e. The van der Waals surface area contributed by atoms with Gasteiger partial charge in [-0.1, -0.05) is 11.6 Å². The molecule has 0 spiro atoms. The molecule has 240 valence electrons. The van der Waals surface area contributed by atoms with Crippen LogP contribution in [0.15, 0.2) is 55.0 Å². The van der Waals surface area contributed by atoms with Gasteiger partial charge in [-0.25, -0.2) is 9.97 Å². The van der Waals surface area contributed by atoms with Crippen LogP contribution in [0.5, 0.6) is 11.5 Å². The lowest BCUT2D eigenvalue weighted by atomic mass is 10.1. The quantitative estimate of drug-likeness (QED) is 0.156. The van der Waals surface area contributed by atoms with Crippen molar-refractivity contribution in [3.8, 4) is 11.5 Å². The third kappa shape index (κ3) is 9.32. The number of aliphatic hydroxyl groups is 1. The first kappa shape index (κ1) is 33.5. The monoisotopic (exact) mass is 646 g/mol. The van der Waals surface area contributed by atoms with Crippen LogP contribution in [0.1, 0.15) is 57.0 Å². The Morgan fingerprint density at radius 1 is 1.02 bits per heavy atom. The molecule has 4 aromatic rings. The second kappa shape index (κ2) is 12.9. The Hall–Kier alpha value is -4.36. The second-order valence-electron chi connectivity index (χ2n) is 12.1. The number of halogens is 4. The molecule has 0 fully saturated rings. The molecule has 45 heavy (non-hydrogen) atoms. The van der Waals surface area contributed by atoms with E-state index in [0.29, 0.717) is 35.6 Å². The highest BCUT2D eigenvalue weighted by Crippen LogP contribution is 2.37. The van der Waals surface area contributed by atoms with Crippen LogP contribution < -0.4 is 20.7 Å². The average Bonchev–Trinajstić information content (AvgIpc) is 3.31. The van der Waals surface area contributed by atoms with Crippen molar-refractivity contribution in [2.24, 2.45) is 0 Å². The normalized spacial score (nSPS) is 12.2. The standard InChI is InChI=1S/C31H34ClF3N6O4/c1-29(2,3)40-28(43)18-12-19(31(33,34)35)14-21(13-18)45-24-7-6-20(15-22(24)32)39-27-26-23(37-17-38-27)8-10-41(26)11-9-36-25(42)16-30(4,5)44/h6-8,10,12-15,17,44H,9,11,16H2,1-5H3,(H,36,42)(H,40,43)(H,37,38,39). The predicted octanol–water partition coefficient (Wildman–Crippen LogP) is 6.44. The first-order chi connectivity index (χ1) is 20.9. The van der Waals surface area contributed by atoms with E-state index in [0.717, 1.165) is 12.1 Å². The molecule has 0 unspecified atom stereocenters. The van der Waals surface area contributed by atoms with Crippen LogP contribution in [-0.4, -0.2) is 49.1 Å². The van der Waals surface area contributed by atoms with Crippen molar-refractivity contribution in [1.82, 2.24) is 25.2 Å². The molecule has 2 heterocycles. The minimum absolute atomic E-state index is 0.0305. The maximum absolute atomic E-state index is 13.6. The molecular weight excluding hydrogens is 613 g/mol. The van der Waals surface area contributed by atoms with Crippen LogP contribution in [0.25, 0.3) is 11.0 Å². The fourth-order valence-corrected chi connectivity index (χ4v) is 4.59. The van der Waals surface area contributed by atoms with Gasteiger partial charge in [-0.05, 0) is 77.1 Å². The number of ether oxygens (including phenoxy) is 1. The molecule has 2 aromatic carbocycles. The van der Waals surface area contributed by atoms with E-state index in [1.165, 1.54) is 24.5 Å². The molecule has 4 rings (SSSR count). The Morgan fingerprint density at radius 3 is 2.40 bits per heavy atom. The first-order valence-electron chi connectivity index (χ1n) is 14.0. The Morgan fingerprint density at radius 2 is 1.76 bits per heavy atom. The highest BCUT2D eigenvalue weighted by Gasteiger charge is 2.32. The van der Waals surface area contributed by atoms with Crippen LogP contribution in [0.2, 0.25) is 5.02 Å². The number of carbonyl (C=O) groups is 2. The number of benzene rings is 2. The molecule has 14 heteroatoms. The fraction of sp³-hybridized carbons (Fsp3) is 0.355. The number of aromatic nitrogens is 3. The molecule has 0 radical (unpaired) electrons. The molecule has 0 saturated carbocycles. The summed E-state index contributed by atoms with van der Waals surface area (Å²) in [4.78, 5) is 33.4. The van der Waals surface area contributed by atoms with Gasteiger partial charge >= 0.3 is 6.18 Å². The first-order valence-corrected chi connectivity index (χ1v) is 14.3. The van der Waals surface area contributed by atoms with Crippen molar-refractivity contribution >= 4 is 46.0 Å². The summed E-state index contributed by atoms with van der Waals surface area (Å²) >= 11 is 6.47. The van der Waals surface area contributed by atoms with Crippen molar-refractivity contribution in [2.45, 2.75) is 64.9 Å². The number of alkyl halides is 3. The summed E-state index contributed by atoms with van der Waals surface area (Å²) < 4.78 is 48.5. The van der Waals surface area contributed by atoms with E-state index in [9.17, 15) is 27.9 Å². The maximum Gasteiger partial charge on any atom is 0.416 e. The zero-order chi connectivity index (χ0) is 33.2. The highest BCUT2D eigenvalue weighted by atomic mass is 35.5. The van der Waals surface area contributed by atoms with Gasteiger partial charge in [0.2, 0.25) is 5.91 Å². The number of carbonyl (C=O) groups excluding carboxylic acids is 2. The maximum atomic E-state index is 13.6. The van der Waals surface area contributed by atoms with E-state index < -0.39 is 28.8 Å². The van der Waals surface area contributed by atoms with Crippen molar-refractivity contribution in [2.75, 3.05) is 11.9 Å². The molecule has 2 amide bonds. The lowest BCUT2D eigenvalue weighted by Gasteiger charge is -2.21. The summed E-state index contributed by atoms with van der Waals surface area (Å²) in [5.41, 5.74) is -1.21. The summed E-state index contributed by atoms with van der Waals surface area (Å²) in [6.45, 7) is 8.98. The molecular formula is C31H34ClF3N6O4. The van der Waals surface area contributed by atoms with Crippen molar-refractivity contribution in [3.05, 3.63) is 71.1 Å². The van der Waals surface area contributed by atoms with E-state index in [2.05, 4.69) is 25.9 Å². The van der Waals surface area contributed by atoms with Gasteiger partial charge in [-0.2, -0.15) is 13.2 Å². The number of hydrogen-bond donors (Lipinski definition) is 4. The van der Waals surface area contributed by atoms with Gasteiger partial charge in [0.25, 0.3) is 5.91 Å². The number of rotatable bonds is 10. The molecule has 0 atom stereocenters. The molecule has 4 N–H and O–H groups in total. The molecule has 0 aliphatic carbocycles. The number of nitrogens with one attached hydrogen (secondary N) is 3. The molecule has 2 aromatic heterocycles. The van der Waals surface area contributed by atoms with Crippen LogP contribution in [-0.2, 0) is 17.5 Å². The Kier molecular flexibility index (Phi) is 9.64. The van der Waals surface area contributed by atoms with Crippen LogP contribution in [0, 0.1) is 0 Å². The van der Waals surface area contributed by atoms with Crippen LogP contribution in [0.4, 0.5) is 24.7 Å². The number of nitrogens with zero attached hydrogens (tertiary/aromatic N) is 3. The molecule has 0 saturated heterocycles. The molecule has 10 nitrogen and oxygen atoms in total. The minimum Gasteiger partial charge on any atom is -0.456 e. The van der Waals surface area contributed by atoms with Gasteiger partial charge in [0.15, 0.2) is 5.82 Å². The average molecular weight is 647 g/mol. The van der Waals surface area contributed by atoms with Gasteiger partial charge < -0.3 is 30.4 Å². The zero-order valence-corrected chi connectivity index (χ0v) is 26.1. The molecule has 0 bridgehead atoms. The second-order valence-corrected chi connectivity index (χ2v) is 12.5. The van der Waals surface area contributed by atoms with Gasteiger partial charge in [-0.15, -0.1) is 0 Å². The van der Waals surface area contributed by atoms with E-state index in [4.69, 9.17) is 16.3 Å². The lowest BCUT2D eigenvalue weighted by Crippen LogP contribution is -2.40. The lowest BCUT2D eigenvalue weighted by molar-refractivity contribution is -0.137. The number of amides is 2. The van der Waals surface area contributed by atoms with Crippen LogP contribution in [0.3, 0.4) is 0 Å². The summed E-state index contributed by atoms with van der Waals surface area (Å²) in [5.74, 6) is -0.648. The highest BCUT2D eigenvalue weighted by molar-refractivity contribution is 6.32. The SMILES string of the molecule is CC(C)(O)CC(=O)NCCn1ccc2ncnc(Nc3ccc(Oc4cc(C(=O)NC(C)(C)C)cc(C(F)(F)F)c4)c(Cl)c3)c21. The zero-order valence-electron chi connectivity index (χ0n) is 25.3. The van der Waals surface area contributed by atoms with Gasteiger partial charge in [0.05, 0.1) is 28.1 Å². The summed E-state index contributed by atoms with van der Waals surface area (Å²) in [6, 6.07) is 9.21. The predicted molar refractivity (Wildman–Crippen MR) is 165 cm³/mol. The third-order valence-corrected chi connectivity index (χ3v) is 6.52. The van der Waals surface area contributed by atoms with Crippen LogP contribution >= 0.6 is 11.6 Å². The molecule has 0 aliphatic heterocycles. The molecule has 0 aliphatic rings. The minimum atomic E-state index is -4.71. The Bertz CT molecular complexity index is 1710. The van der Waals surface area contributed by atoms with Gasteiger partial charge in [0.1, 0.15) is 23.3 Å². The Balaban J connectivity index is 1.53. The van der Waals surface area contributed by atoms with Gasteiger partial charge in [-0.3, -0.25) is 9.59 Å². The number of anilines is 2. The van der Waals surface area contributed by atoms with E-state index in [-0.39, 0.29) is 34.4 Å².